The highest BCUT2D eigenvalue weighted by atomic mass is 35.5. The summed E-state index contributed by atoms with van der Waals surface area (Å²) in [4.78, 5) is 16.5. The van der Waals surface area contributed by atoms with Gasteiger partial charge in [0.05, 0.1) is 19.3 Å². The second-order valence-corrected chi connectivity index (χ2v) is 6.19. The second kappa shape index (κ2) is 10.2. The van der Waals surface area contributed by atoms with Crippen LogP contribution < -0.4 is 15.0 Å². The van der Waals surface area contributed by atoms with Crippen molar-refractivity contribution in [2.75, 3.05) is 51.8 Å². The van der Waals surface area contributed by atoms with Crippen molar-refractivity contribution < 1.29 is 18.7 Å². The van der Waals surface area contributed by atoms with Crippen molar-refractivity contribution in [1.82, 2.24) is 10.2 Å². The van der Waals surface area contributed by atoms with Crippen molar-refractivity contribution in [2.24, 2.45) is 0 Å². The summed E-state index contributed by atoms with van der Waals surface area (Å²) in [6, 6.07) is 4.81. The molecule has 0 spiro atoms. The molecule has 2 heterocycles. The lowest BCUT2D eigenvalue weighted by atomic mass is 10.1. The molecule has 1 aromatic carbocycles. The third-order valence-electron chi connectivity index (χ3n) is 4.81. The standard InChI is InChI=1S/C17H24FN3O3.2ClH/c1-23-13-10-15(19-11-13)17(22)21-7-5-20(6-8-21)12-3-4-16(24-2)14(18)9-12;;/h3-4,9,13,15,19H,5-8,10-11H2,1-2H3;2*1H/t13-,15-;;/m0../s1. The molecular formula is C17H26Cl2FN3O3. The number of halogens is 3. The van der Waals surface area contributed by atoms with Crippen LogP contribution in [-0.2, 0) is 9.53 Å². The zero-order valence-corrected chi connectivity index (χ0v) is 16.6. The van der Waals surface area contributed by atoms with E-state index in [1.165, 1.54) is 13.2 Å². The average Bonchev–Trinajstić information content (AvgIpc) is 3.10. The normalized spacial score (nSPS) is 22.4. The number of nitrogens with zero attached hydrogens (tertiary/aromatic N) is 2. The largest absolute Gasteiger partial charge is 0.494 e. The Hall–Kier alpha value is -1.28. The van der Waals surface area contributed by atoms with Crippen LogP contribution >= 0.6 is 24.8 Å². The van der Waals surface area contributed by atoms with Crippen LogP contribution in [0.5, 0.6) is 5.75 Å². The van der Waals surface area contributed by atoms with Gasteiger partial charge in [-0.05, 0) is 18.6 Å². The number of ether oxygens (including phenoxy) is 2. The van der Waals surface area contributed by atoms with E-state index in [1.54, 1.807) is 13.2 Å². The second-order valence-electron chi connectivity index (χ2n) is 6.19. The lowest BCUT2D eigenvalue weighted by Crippen LogP contribution is -2.53. The molecule has 0 bridgehead atoms. The highest BCUT2D eigenvalue weighted by Gasteiger charge is 2.33. The Morgan fingerprint density at radius 2 is 1.88 bits per heavy atom. The van der Waals surface area contributed by atoms with E-state index < -0.39 is 0 Å². The topological polar surface area (TPSA) is 54.0 Å². The summed E-state index contributed by atoms with van der Waals surface area (Å²) in [5.41, 5.74) is 0.818. The summed E-state index contributed by atoms with van der Waals surface area (Å²) >= 11 is 0. The third-order valence-corrected chi connectivity index (χ3v) is 4.81. The van der Waals surface area contributed by atoms with Gasteiger partial charge in [0.25, 0.3) is 0 Å². The Kier molecular flexibility index (Phi) is 8.89. The predicted octanol–water partition coefficient (Wildman–Crippen LogP) is 1.70. The molecule has 2 fully saturated rings. The highest BCUT2D eigenvalue weighted by molar-refractivity contribution is 5.85. The zero-order valence-electron chi connectivity index (χ0n) is 14.9. The molecule has 6 nitrogen and oxygen atoms in total. The van der Waals surface area contributed by atoms with E-state index in [4.69, 9.17) is 9.47 Å². The number of benzene rings is 1. The Bertz CT molecular complexity index is 601. The van der Waals surface area contributed by atoms with E-state index in [0.717, 1.165) is 18.7 Å². The molecule has 26 heavy (non-hydrogen) atoms. The van der Waals surface area contributed by atoms with Crippen molar-refractivity contribution in [3.05, 3.63) is 24.0 Å². The predicted molar refractivity (Wildman–Crippen MR) is 103 cm³/mol. The Labute approximate surface area is 165 Å². The van der Waals surface area contributed by atoms with Crippen molar-refractivity contribution in [1.29, 1.82) is 0 Å². The fourth-order valence-corrected chi connectivity index (χ4v) is 3.33. The first-order valence-corrected chi connectivity index (χ1v) is 8.26. The molecule has 1 aromatic rings. The van der Waals surface area contributed by atoms with Crippen LogP contribution in [0.25, 0.3) is 0 Å². The molecule has 0 aliphatic carbocycles. The molecular weight excluding hydrogens is 384 g/mol. The van der Waals surface area contributed by atoms with E-state index in [9.17, 15) is 9.18 Å². The van der Waals surface area contributed by atoms with Crippen molar-refractivity contribution in [2.45, 2.75) is 18.6 Å². The minimum Gasteiger partial charge on any atom is -0.494 e. The van der Waals surface area contributed by atoms with Gasteiger partial charge in [0.15, 0.2) is 11.6 Å². The number of piperazine rings is 1. The van der Waals surface area contributed by atoms with Gasteiger partial charge in [-0.15, -0.1) is 24.8 Å². The Morgan fingerprint density at radius 1 is 1.19 bits per heavy atom. The van der Waals surface area contributed by atoms with E-state index in [1.807, 2.05) is 11.0 Å². The van der Waals surface area contributed by atoms with Crippen LogP contribution in [0.1, 0.15) is 6.42 Å². The van der Waals surface area contributed by atoms with Crippen LogP contribution in [0.2, 0.25) is 0 Å². The molecule has 0 radical (unpaired) electrons. The Morgan fingerprint density at radius 3 is 2.42 bits per heavy atom. The number of rotatable bonds is 4. The Balaban J connectivity index is 0.00000169. The highest BCUT2D eigenvalue weighted by Crippen LogP contribution is 2.24. The first-order valence-electron chi connectivity index (χ1n) is 8.26. The first kappa shape index (κ1) is 22.8. The summed E-state index contributed by atoms with van der Waals surface area (Å²) in [5.74, 6) is 0.0111. The van der Waals surface area contributed by atoms with Gasteiger partial charge in [0.2, 0.25) is 5.91 Å². The maximum Gasteiger partial charge on any atom is 0.239 e. The van der Waals surface area contributed by atoms with Gasteiger partial charge in [-0.2, -0.15) is 0 Å². The first-order chi connectivity index (χ1) is 11.6. The average molecular weight is 410 g/mol. The molecule has 2 atom stereocenters. The van der Waals surface area contributed by atoms with Crippen LogP contribution in [0.3, 0.4) is 0 Å². The number of carbonyl (C=O) groups excluding carboxylic acids is 1. The SMILES string of the molecule is COc1ccc(N2CCN(C(=O)[C@@H]3C[C@H](OC)CN3)CC2)cc1F.Cl.Cl. The minimum absolute atomic E-state index is 0. The quantitative estimate of drug-likeness (QED) is 0.819. The van der Waals surface area contributed by atoms with Gasteiger partial charge < -0.3 is 24.6 Å². The number of hydrogen-bond acceptors (Lipinski definition) is 5. The molecule has 0 saturated carbocycles. The number of methoxy groups -OCH3 is 2. The third kappa shape index (κ3) is 4.91. The lowest BCUT2D eigenvalue weighted by molar-refractivity contribution is -0.133. The number of nitrogens with one attached hydrogen (secondary N) is 1. The van der Waals surface area contributed by atoms with Gasteiger partial charge in [0.1, 0.15) is 0 Å². The van der Waals surface area contributed by atoms with Crippen LogP contribution in [0, 0.1) is 5.82 Å². The number of hydrogen-bond donors (Lipinski definition) is 1. The van der Waals surface area contributed by atoms with E-state index in [-0.39, 0.29) is 54.4 Å². The lowest BCUT2D eigenvalue weighted by Gasteiger charge is -2.37. The molecule has 1 N–H and O–H groups in total. The van der Waals surface area contributed by atoms with Crippen molar-refractivity contribution in [3.8, 4) is 5.75 Å². The van der Waals surface area contributed by atoms with E-state index in [0.29, 0.717) is 26.2 Å². The monoisotopic (exact) mass is 409 g/mol. The minimum atomic E-state index is -0.366. The van der Waals surface area contributed by atoms with E-state index >= 15 is 0 Å². The zero-order chi connectivity index (χ0) is 17.1. The summed E-state index contributed by atoms with van der Waals surface area (Å²) < 4.78 is 24.1. The molecule has 1 amide bonds. The summed E-state index contributed by atoms with van der Waals surface area (Å²) in [7, 11) is 3.12. The summed E-state index contributed by atoms with van der Waals surface area (Å²) in [6.45, 7) is 3.39. The van der Waals surface area contributed by atoms with Gasteiger partial charge in [-0.3, -0.25) is 4.79 Å². The van der Waals surface area contributed by atoms with Crippen molar-refractivity contribution >= 4 is 36.4 Å². The molecule has 2 aliphatic rings. The maximum atomic E-state index is 13.8. The number of anilines is 1. The van der Waals surface area contributed by atoms with Crippen LogP contribution in [0.4, 0.5) is 10.1 Å². The summed E-state index contributed by atoms with van der Waals surface area (Å²) in [5, 5.41) is 3.22. The molecule has 148 valence electrons. The number of carbonyl (C=O) groups is 1. The fourth-order valence-electron chi connectivity index (χ4n) is 3.33. The fraction of sp³-hybridized carbons (Fsp3) is 0.588. The van der Waals surface area contributed by atoms with Gasteiger partial charge in [-0.1, -0.05) is 0 Å². The molecule has 2 saturated heterocycles. The summed E-state index contributed by atoms with van der Waals surface area (Å²) in [6.07, 6.45) is 0.835. The molecule has 3 rings (SSSR count). The number of amides is 1. The molecule has 9 heteroatoms. The van der Waals surface area contributed by atoms with E-state index in [2.05, 4.69) is 10.2 Å². The van der Waals surface area contributed by atoms with Gasteiger partial charge in [0, 0.05) is 51.6 Å². The van der Waals surface area contributed by atoms with Crippen LogP contribution in [0.15, 0.2) is 18.2 Å². The molecule has 2 aliphatic heterocycles. The maximum absolute atomic E-state index is 13.8. The smallest absolute Gasteiger partial charge is 0.239 e. The van der Waals surface area contributed by atoms with Gasteiger partial charge >= 0.3 is 0 Å². The molecule has 0 aromatic heterocycles. The molecule has 0 unspecified atom stereocenters. The van der Waals surface area contributed by atoms with Gasteiger partial charge in [-0.25, -0.2) is 4.39 Å². The van der Waals surface area contributed by atoms with Crippen molar-refractivity contribution in [3.63, 3.8) is 0 Å². The van der Waals surface area contributed by atoms with Crippen LogP contribution in [-0.4, -0.2) is 69.9 Å².